The summed E-state index contributed by atoms with van der Waals surface area (Å²) >= 11 is 0. The number of amides is 1. The van der Waals surface area contributed by atoms with E-state index in [0.29, 0.717) is 11.1 Å². The van der Waals surface area contributed by atoms with Crippen LogP contribution in [0, 0.1) is 17.8 Å². The fourth-order valence-electron chi connectivity index (χ4n) is 2.76. The molecule has 21 heavy (non-hydrogen) atoms. The molecule has 1 aliphatic rings. The fourth-order valence-corrected chi connectivity index (χ4v) is 2.76. The Labute approximate surface area is 126 Å². The van der Waals surface area contributed by atoms with Crippen LogP contribution in [0.25, 0.3) is 0 Å². The quantitative estimate of drug-likeness (QED) is 0.837. The van der Waals surface area contributed by atoms with Crippen LogP contribution in [0.2, 0.25) is 0 Å². The van der Waals surface area contributed by atoms with E-state index in [4.69, 9.17) is 5.11 Å². The second-order valence-corrected chi connectivity index (χ2v) is 5.52. The molecule has 0 unspecified atom stereocenters. The molecule has 1 aromatic rings. The molecule has 1 amide bonds. The predicted octanol–water partition coefficient (Wildman–Crippen LogP) is 2.12. The summed E-state index contributed by atoms with van der Waals surface area (Å²) in [7, 11) is 0. The maximum absolute atomic E-state index is 12.2. The van der Waals surface area contributed by atoms with Crippen molar-refractivity contribution in [3.8, 4) is 11.8 Å². The van der Waals surface area contributed by atoms with Gasteiger partial charge in [-0.3, -0.25) is 9.78 Å². The summed E-state index contributed by atoms with van der Waals surface area (Å²) in [5.74, 6) is 6.05. The molecule has 4 heteroatoms. The molecule has 2 N–H and O–H groups in total. The normalized spacial score (nSPS) is 21.2. The fraction of sp³-hybridized carbons (Fsp3) is 0.529. The molecule has 0 aliphatic heterocycles. The number of hydrogen-bond donors (Lipinski definition) is 2. The number of nitrogens with zero attached hydrogens (tertiary/aromatic N) is 1. The van der Waals surface area contributed by atoms with Crippen molar-refractivity contribution < 1.29 is 9.90 Å². The van der Waals surface area contributed by atoms with Gasteiger partial charge in [-0.25, -0.2) is 0 Å². The zero-order valence-corrected chi connectivity index (χ0v) is 12.4. The standard InChI is InChI=1S/C17H22N2O2/c1-2-13-5-7-16(8-6-13)19-17(21)15-10-14(4-3-9-20)11-18-12-15/h10-13,16,20H,2,5-9H2,1H3,(H,19,21). The van der Waals surface area contributed by atoms with Gasteiger partial charge in [0, 0.05) is 24.0 Å². The maximum Gasteiger partial charge on any atom is 0.253 e. The summed E-state index contributed by atoms with van der Waals surface area (Å²) in [6.45, 7) is 2.03. The van der Waals surface area contributed by atoms with Gasteiger partial charge >= 0.3 is 0 Å². The van der Waals surface area contributed by atoms with Crippen LogP contribution in [0.3, 0.4) is 0 Å². The highest BCUT2D eigenvalue weighted by Crippen LogP contribution is 2.26. The Morgan fingerprint density at radius 1 is 1.38 bits per heavy atom. The van der Waals surface area contributed by atoms with Crippen molar-refractivity contribution in [2.75, 3.05) is 6.61 Å². The number of pyridine rings is 1. The van der Waals surface area contributed by atoms with Crippen molar-refractivity contribution in [2.45, 2.75) is 45.1 Å². The van der Waals surface area contributed by atoms with Crippen LogP contribution in [-0.2, 0) is 0 Å². The summed E-state index contributed by atoms with van der Waals surface area (Å²) in [5.41, 5.74) is 1.17. The molecule has 1 saturated carbocycles. The number of nitrogens with one attached hydrogen (secondary N) is 1. The van der Waals surface area contributed by atoms with E-state index in [0.717, 1.165) is 18.8 Å². The van der Waals surface area contributed by atoms with E-state index in [-0.39, 0.29) is 18.6 Å². The van der Waals surface area contributed by atoms with Crippen LogP contribution in [0.15, 0.2) is 18.5 Å². The minimum Gasteiger partial charge on any atom is -0.384 e. The number of aliphatic hydroxyl groups excluding tert-OH is 1. The number of aromatic nitrogens is 1. The van der Waals surface area contributed by atoms with Crippen molar-refractivity contribution in [1.29, 1.82) is 0 Å². The first-order valence-corrected chi connectivity index (χ1v) is 7.58. The third kappa shape index (κ3) is 4.57. The highest BCUT2D eigenvalue weighted by Gasteiger charge is 2.21. The Kier molecular flexibility index (Phi) is 5.77. The molecular formula is C17H22N2O2. The lowest BCUT2D eigenvalue weighted by atomic mass is 9.84. The summed E-state index contributed by atoms with van der Waals surface area (Å²) < 4.78 is 0. The van der Waals surface area contributed by atoms with Gasteiger partial charge in [-0.1, -0.05) is 25.2 Å². The number of hydrogen-bond acceptors (Lipinski definition) is 3. The van der Waals surface area contributed by atoms with Crippen molar-refractivity contribution in [2.24, 2.45) is 5.92 Å². The maximum atomic E-state index is 12.2. The van der Waals surface area contributed by atoms with Crippen molar-refractivity contribution in [3.05, 3.63) is 29.6 Å². The van der Waals surface area contributed by atoms with E-state index >= 15 is 0 Å². The zero-order valence-electron chi connectivity index (χ0n) is 12.4. The number of carbonyl (C=O) groups excluding carboxylic acids is 1. The highest BCUT2D eigenvalue weighted by molar-refractivity contribution is 5.94. The first kappa shape index (κ1) is 15.5. The van der Waals surface area contributed by atoms with Gasteiger partial charge < -0.3 is 10.4 Å². The topological polar surface area (TPSA) is 62.2 Å². The average Bonchev–Trinajstić information content (AvgIpc) is 2.54. The van der Waals surface area contributed by atoms with Crippen LogP contribution in [0.1, 0.15) is 54.9 Å². The van der Waals surface area contributed by atoms with Gasteiger partial charge in [-0.05, 0) is 37.7 Å². The van der Waals surface area contributed by atoms with Gasteiger partial charge in [0.25, 0.3) is 5.91 Å². The second kappa shape index (κ2) is 7.80. The van der Waals surface area contributed by atoms with Crippen LogP contribution in [0.4, 0.5) is 0 Å². The Hall–Kier alpha value is -1.86. The van der Waals surface area contributed by atoms with Crippen LogP contribution < -0.4 is 5.32 Å². The minimum absolute atomic E-state index is 0.0879. The first-order valence-electron chi connectivity index (χ1n) is 7.58. The van der Waals surface area contributed by atoms with E-state index in [1.54, 1.807) is 18.5 Å². The van der Waals surface area contributed by atoms with E-state index in [9.17, 15) is 4.79 Å². The molecule has 0 atom stereocenters. The molecule has 112 valence electrons. The van der Waals surface area contributed by atoms with E-state index in [1.807, 2.05) is 0 Å². The van der Waals surface area contributed by atoms with Crippen LogP contribution in [0.5, 0.6) is 0 Å². The molecule has 0 bridgehead atoms. The molecule has 1 fully saturated rings. The third-order valence-corrected chi connectivity index (χ3v) is 4.07. The monoisotopic (exact) mass is 286 g/mol. The minimum atomic E-state index is -0.197. The van der Waals surface area contributed by atoms with Crippen molar-refractivity contribution in [1.82, 2.24) is 10.3 Å². The van der Waals surface area contributed by atoms with Gasteiger partial charge in [0.1, 0.15) is 6.61 Å². The van der Waals surface area contributed by atoms with Gasteiger partial charge in [-0.15, -0.1) is 0 Å². The molecule has 1 aliphatic carbocycles. The SMILES string of the molecule is CCC1CCC(NC(=O)c2cncc(C#CCO)c2)CC1. The van der Waals surface area contributed by atoms with E-state index in [2.05, 4.69) is 29.1 Å². The van der Waals surface area contributed by atoms with E-state index in [1.165, 1.54) is 19.3 Å². The zero-order chi connectivity index (χ0) is 15.1. The average molecular weight is 286 g/mol. The summed E-state index contributed by atoms with van der Waals surface area (Å²) in [6, 6.07) is 1.98. The number of carbonyl (C=O) groups is 1. The van der Waals surface area contributed by atoms with Gasteiger partial charge in [0.15, 0.2) is 0 Å². The lowest BCUT2D eigenvalue weighted by Gasteiger charge is -2.28. The van der Waals surface area contributed by atoms with E-state index < -0.39 is 0 Å². The Balaban J connectivity index is 1.94. The number of rotatable bonds is 3. The highest BCUT2D eigenvalue weighted by atomic mass is 16.2. The summed E-state index contributed by atoms with van der Waals surface area (Å²) in [5, 5.41) is 11.8. The molecule has 0 aromatic carbocycles. The third-order valence-electron chi connectivity index (χ3n) is 4.07. The van der Waals surface area contributed by atoms with Gasteiger partial charge in [-0.2, -0.15) is 0 Å². The molecule has 0 saturated heterocycles. The molecule has 2 rings (SSSR count). The first-order chi connectivity index (χ1) is 10.2. The van der Waals surface area contributed by atoms with Crippen LogP contribution in [-0.4, -0.2) is 28.6 Å². The largest absolute Gasteiger partial charge is 0.384 e. The predicted molar refractivity (Wildman–Crippen MR) is 81.7 cm³/mol. The lowest BCUT2D eigenvalue weighted by molar-refractivity contribution is 0.0921. The Morgan fingerprint density at radius 3 is 2.81 bits per heavy atom. The van der Waals surface area contributed by atoms with Crippen molar-refractivity contribution >= 4 is 5.91 Å². The molecule has 0 radical (unpaired) electrons. The molecule has 4 nitrogen and oxygen atoms in total. The molecule has 0 spiro atoms. The Bertz CT molecular complexity index is 537. The smallest absolute Gasteiger partial charge is 0.253 e. The van der Waals surface area contributed by atoms with Gasteiger partial charge in [0.05, 0.1) is 5.56 Å². The van der Waals surface area contributed by atoms with Crippen LogP contribution >= 0.6 is 0 Å². The molecule has 1 heterocycles. The number of aliphatic hydroxyl groups is 1. The van der Waals surface area contributed by atoms with Gasteiger partial charge in [0.2, 0.25) is 0 Å². The summed E-state index contributed by atoms with van der Waals surface area (Å²) in [6.07, 6.45) is 8.88. The van der Waals surface area contributed by atoms with Crippen molar-refractivity contribution in [3.63, 3.8) is 0 Å². The second-order valence-electron chi connectivity index (χ2n) is 5.52. The molecular weight excluding hydrogens is 264 g/mol. The molecule has 1 aromatic heterocycles. The summed E-state index contributed by atoms with van der Waals surface area (Å²) in [4.78, 5) is 16.3. The lowest BCUT2D eigenvalue weighted by Crippen LogP contribution is -2.37. The Morgan fingerprint density at radius 2 is 2.14 bits per heavy atom.